The largest absolute Gasteiger partial charge is 0.507 e. The molecule has 1 aliphatic heterocycles. The van der Waals surface area contributed by atoms with Crippen LogP contribution in [0.2, 0.25) is 0 Å². The van der Waals surface area contributed by atoms with Crippen LogP contribution >= 0.6 is 8.02 Å². The first-order valence-corrected chi connectivity index (χ1v) is 7.03. The lowest BCUT2D eigenvalue weighted by molar-refractivity contribution is -0.00688. The van der Waals surface area contributed by atoms with Crippen molar-refractivity contribution in [1.29, 1.82) is 0 Å². The summed E-state index contributed by atoms with van der Waals surface area (Å²) in [5, 5.41) is 9.37. The van der Waals surface area contributed by atoms with Crippen molar-refractivity contribution in [3.8, 4) is 0 Å². The summed E-state index contributed by atoms with van der Waals surface area (Å²) < 4.78 is 9.28. The molecule has 6 nitrogen and oxygen atoms in total. The molecule has 1 unspecified atom stereocenters. The molecule has 0 radical (unpaired) electrons. The van der Waals surface area contributed by atoms with Crippen molar-refractivity contribution in [2.75, 3.05) is 20.1 Å². The molecular formula is C9H21N3O3P+. The van der Waals surface area contributed by atoms with E-state index in [4.69, 9.17) is 4.52 Å². The summed E-state index contributed by atoms with van der Waals surface area (Å²) in [6.45, 7) is 5.47. The summed E-state index contributed by atoms with van der Waals surface area (Å²) in [5.41, 5.74) is 0. The highest BCUT2D eigenvalue weighted by atomic mass is 31.2. The summed E-state index contributed by atoms with van der Waals surface area (Å²) in [4.78, 5) is 12.7. The van der Waals surface area contributed by atoms with Crippen LogP contribution in [0.3, 0.4) is 0 Å². The first kappa shape index (κ1) is 13.8. The number of hydrogen-bond acceptors (Lipinski definition) is 5. The molecule has 0 spiro atoms. The van der Waals surface area contributed by atoms with Crippen molar-refractivity contribution in [3.63, 3.8) is 0 Å². The van der Waals surface area contributed by atoms with Crippen LogP contribution in [0.15, 0.2) is 4.76 Å². The van der Waals surface area contributed by atoms with Gasteiger partial charge in [0.25, 0.3) is 0 Å². The number of rotatable bonds is 5. The van der Waals surface area contributed by atoms with Crippen molar-refractivity contribution < 1.29 is 14.6 Å². The Balaban J connectivity index is 2.61. The minimum Gasteiger partial charge on any atom is -0.360 e. The highest BCUT2D eigenvalue weighted by molar-refractivity contribution is 7.61. The molecule has 1 rings (SSSR count). The topological polar surface area (TPSA) is 68.5 Å². The summed E-state index contributed by atoms with van der Waals surface area (Å²) in [7, 11) is -1.89. The average molecular weight is 250 g/mol. The number of hydroxylamine groups is 1. The second-order valence-corrected chi connectivity index (χ2v) is 6.18. The SMILES string of the molecule is CC(C)O[P+](O)(N=CN1CCCC1)N(C)O. The van der Waals surface area contributed by atoms with Gasteiger partial charge in [-0.25, -0.2) is 0 Å². The molecule has 0 amide bonds. The number of likely N-dealkylation sites (tertiary alicyclic amines) is 1. The second kappa shape index (κ2) is 5.89. The third-order valence-electron chi connectivity index (χ3n) is 2.24. The lowest BCUT2D eigenvalue weighted by Crippen LogP contribution is -2.22. The van der Waals surface area contributed by atoms with Crippen molar-refractivity contribution in [2.45, 2.75) is 32.8 Å². The molecule has 0 saturated carbocycles. The second-order valence-electron chi connectivity index (χ2n) is 4.13. The van der Waals surface area contributed by atoms with Gasteiger partial charge < -0.3 is 4.90 Å². The first-order valence-electron chi connectivity index (χ1n) is 5.47. The van der Waals surface area contributed by atoms with E-state index in [1.807, 2.05) is 4.90 Å². The normalized spacial score (nSPS) is 21.3. The van der Waals surface area contributed by atoms with E-state index in [1.165, 1.54) is 7.05 Å². The van der Waals surface area contributed by atoms with E-state index >= 15 is 0 Å². The van der Waals surface area contributed by atoms with Crippen LogP contribution in [-0.4, -0.2) is 52.4 Å². The first-order chi connectivity index (χ1) is 7.44. The Kier molecular flexibility index (Phi) is 5.08. The summed E-state index contributed by atoms with van der Waals surface area (Å²) in [5.74, 6) is 0. The smallest absolute Gasteiger partial charge is 0.360 e. The van der Waals surface area contributed by atoms with E-state index in [-0.39, 0.29) is 6.10 Å². The van der Waals surface area contributed by atoms with Gasteiger partial charge in [0, 0.05) is 17.9 Å². The summed E-state index contributed by atoms with van der Waals surface area (Å²) in [6.07, 6.45) is 3.67. The van der Waals surface area contributed by atoms with E-state index in [9.17, 15) is 10.1 Å². The fourth-order valence-corrected chi connectivity index (χ4v) is 2.64. The predicted octanol–water partition coefficient (Wildman–Crippen LogP) is 1.53. The predicted molar refractivity (Wildman–Crippen MR) is 64.2 cm³/mol. The zero-order valence-corrected chi connectivity index (χ0v) is 11.0. The minimum absolute atomic E-state index is 0.191. The van der Waals surface area contributed by atoms with Gasteiger partial charge in [0.15, 0.2) is 0 Å². The Hall–Kier alpha value is -0.260. The molecule has 0 aromatic carbocycles. The summed E-state index contributed by atoms with van der Waals surface area (Å²) >= 11 is 0. The van der Waals surface area contributed by atoms with E-state index in [0.717, 1.165) is 25.9 Å². The molecule has 1 saturated heterocycles. The zero-order chi connectivity index (χ0) is 12.2. The van der Waals surface area contributed by atoms with Crippen LogP contribution in [0.4, 0.5) is 0 Å². The van der Waals surface area contributed by atoms with Crippen molar-refractivity contribution in [3.05, 3.63) is 0 Å². The van der Waals surface area contributed by atoms with Gasteiger partial charge in [-0.3, -0.25) is 5.21 Å². The van der Waals surface area contributed by atoms with Gasteiger partial charge in [-0.15, -0.1) is 0 Å². The molecule has 94 valence electrons. The van der Waals surface area contributed by atoms with E-state index < -0.39 is 8.02 Å². The Morgan fingerprint density at radius 3 is 2.44 bits per heavy atom. The number of hydrogen-bond donors (Lipinski definition) is 2. The van der Waals surface area contributed by atoms with E-state index in [2.05, 4.69) is 4.76 Å². The maximum Gasteiger partial charge on any atom is 0.507 e. The van der Waals surface area contributed by atoms with Crippen LogP contribution in [-0.2, 0) is 4.52 Å². The van der Waals surface area contributed by atoms with Crippen LogP contribution in [0.1, 0.15) is 26.7 Å². The standard InChI is InChI=1S/C9H21N3O3P/c1-9(2)15-16(14,11(3)13)10-8-12-6-4-5-7-12/h8-9,13-14H,4-7H2,1-3H3/q+1. The fraction of sp³-hybridized carbons (Fsp3) is 0.889. The Bertz CT molecular complexity index is 244. The van der Waals surface area contributed by atoms with Gasteiger partial charge in [-0.1, -0.05) is 0 Å². The molecule has 0 aromatic heterocycles. The maximum absolute atomic E-state index is 10.1. The van der Waals surface area contributed by atoms with Crippen molar-refractivity contribution in [1.82, 2.24) is 9.73 Å². The van der Waals surface area contributed by atoms with Gasteiger partial charge in [-0.2, -0.15) is 9.42 Å². The molecule has 2 N–H and O–H groups in total. The minimum atomic E-state index is -3.23. The molecule has 0 aromatic rings. The highest BCUT2D eigenvalue weighted by Crippen LogP contribution is 2.59. The maximum atomic E-state index is 10.1. The van der Waals surface area contributed by atoms with Gasteiger partial charge in [0.1, 0.15) is 12.4 Å². The molecule has 1 aliphatic rings. The molecule has 0 aliphatic carbocycles. The molecular weight excluding hydrogens is 229 g/mol. The van der Waals surface area contributed by atoms with Crippen molar-refractivity contribution >= 4 is 14.4 Å². The van der Waals surface area contributed by atoms with Crippen LogP contribution < -0.4 is 0 Å². The Labute approximate surface area is 97.1 Å². The third-order valence-corrected chi connectivity index (χ3v) is 4.10. The molecule has 7 heteroatoms. The highest BCUT2D eigenvalue weighted by Gasteiger charge is 2.46. The lowest BCUT2D eigenvalue weighted by atomic mass is 10.4. The lowest BCUT2D eigenvalue weighted by Gasteiger charge is -2.18. The Morgan fingerprint density at radius 2 is 2.00 bits per heavy atom. The molecule has 1 fully saturated rings. The van der Waals surface area contributed by atoms with E-state index in [1.54, 1.807) is 20.2 Å². The summed E-state index contributed by atoms with van der Waals surface area (Å²) in [6, 6.07) is 0. The van der Waals surface area contributed by atoms with Crippen LogP contribution in [0.5, 0.6) is 0 Å². The number of nitrogens with zero attached hydrogens (tertiary/aromatic N) is 3. The van der Waals surface area contributed by atoms with Gasteiger partial charge in [0.2, 0.25) is 0 Å². The third kappa shape index (κ3) is 3.96. The average Bonchev–Trinajstić information content (AvgIpc) is 2.65. The Morgan fingerprint density at radius 1 is 1.44 bits per heavy atom. The molecule has 1 heterocycles. The van der Waals surface area contributed by atoms with Crippen molar-refractivity contribution in [2.24, 2.45) is 4.76 Å². The van der Waals surface area contributed by atoms with E-state index in [0.29, 0.717) is 4.83 Å². The van der Waals surface area contributed by atoms with Gasteiger partial charge >= 0.3 is 8.02 Å². The molecule has 1 atom stereocenters. The van der Waals surface area contributed by atoms with Gasteiger partial charge in [-0.05, 0) is 31.5 Å². The van der Waals surface area contributed by atoms with Gasteiger partial charge in [0.05, 0.1) is 7.05 Å². The van der Waals surface area contributed by atoms with Crippen LogP contribution in [0.25, 0.3) is 0 Å². The molecule has 0 bridgehead atoms. The monoisotopic (exact) mass is 250 g/mol. The van der Waals surface area contributed by atoms with Crippen LogP contribution in [0, 0.1) is 0 Å². The zero-order valence-electron chi connectivity index (χ0n) is 10.1. The molecule has 16 heavy (non-hydrogen) atoms. The quantitative estimate of drug-likeness (QED) is 0.335. The fourth-order valence-electron chi connectivity index (χ4n) is 1.45.